The summed E-state index contributed by atoms with van der Waals surface area (Å²) < 4.78 is 7.58. The molecule has 44 heavy (non-hydrogen) atoms. The maximum absolute atomic E-state index is 8.44. The number of nitrogens with zero attached hydrogens (tertiary/aromatic N) is 2. The Labute approximate surface area is 276 Å². The Hall–Kier alpha value is -1.67. The van der Waals surface area contributed by atoms with Crippen LogP contribution in [0.25, 0.3) is 0 Å². The fourth-order valence-corrected chi connectivity index (χ4v) is 8.26. The topological polar surface area (TPSA) is 86.5 Å². The third-order valence-corrected chi connectivity index (χ3v) is 9.76. The Balaban J connectivity index is 0.000000261. The summed E-state index contributed by atoms with van der Waals surface area (Å²) in [7, 11) is 0. The summed E-state index contributed by atoms with van der Waals surface area (Å²) in [6.07, 6.45) is 10.3. The molecular formula is C36H51N3O4Ru-3. The Morgan fingerprint density at radius 3 is 2.00 bits per heavy atom. The minimum Gasteiger partial charge on any atom is -0.726 e. The van der Waals surface area contributed by atoms with Crippen molar-refractivity contribution in [3.8, 4) is 5.75 Å². The minimum atomic E-state index is -2.08. The zero-order valence-corrected chi connectivity index (χ0v) is 28.9. The molecule has 0 spiro atoms. The molecule has 0 amide bonds. The van der Waals surface area contributed by atoms with Crippen LogP contribution in [-0.2, 0) is 17.9 Å². The Kier molecular flexibility index (Phi) is 13.6. The molecule has 4 bridgehead atoms. The third kappa shape index (κ3) is 8.99. The van der Waals surface area contributed by atoms with Gasteiger partial charge in [-0.05, 0) is 47.8 Å². The Morgan fingerprint density at radius 1 is 0.932 bits per heavy atom. The number of ether oxygens (including phenoxy) is 1. The third-order valence-electron chi connectivity index (χ3n) is 9.22. The second-order valence-electron chi connectivity index (χ2n) is 13.5. The zero-order chi connectivity index (χ0) is 31.3. The number of para-hydroxylation sites is 2. The van der Waals surface area contributed by atoms with Crippen LogP contribution in [-0.4, -0.2) is 39.4 Å². The van der Waals surface area contributed by atoms with Gasteiger partial charge in [0.1, 0.15) is 0 Å². The maximum atomic E-state index is 8.44. The van der Waals surface area contributed by atoms with E-state index in [0.29, 0.717) is 17.4 Å². The van der Waals surface area contributed by atoms with Gasteiger partial charge in [-0.15, -0.1) is 5.54 Å². The average Bonchev–Trinajstić information content (AvgIpc) is 3.43. The second kappa shape index (κ2) is 16.2. The summed E-state index contributed by atoms with van der Waals surface area (Å²) in [6, 6.07) is 15.0. The second-order valence-corrected chi connectivity index (χ2v) is 14.0. The first-order valence-corrected chi connectivity index (χ1v) is 16.9. The van der Waals surface area contributed by atoms with Crippen molar-refractivity contribution in [3.05, 3.63) is 90.1 Å². The van der Waals surface area contributed by atoms with Crippen LogP contribution in [0.3, 0.4) is 0 Å². The number of benzene rings is 2. The molecular weight excluding hydrogens is 639 g/mol. The molecule has 0 aromatic heterocycles. The molecule has 2 aromatic rings. The largest absolute Gasteiger partial charge is 0.726 e. The van der Waals surface area contributed by atoms with E-state index in [4.69, 9.17) is 20.4 Å². The molecule has 2 aromatic carbocycles. The molecule has 2 N–H and O–H groups in total. The number of hydrogen-bond donors (Lipinski definition) is 2. The summed E-state index contributed by atoms with van der Waals surface area (Å²) in [4.78, 5) is 5.34. The molecule has 1 heterocycles. The van der Waals surface area contributed by atoms with Crippen molar-refractivity contribution in [1.82, 2.24) is 4.90 Å². The number of nitrogens with one attached hydrogen (secondary N) is 1. The van der Waals surface area contributed by atoms with Crippen molar-refractivity contribution in [2.45, 2.75) is 97.1 Å². The van der Waals surface area contributed by atoms with Gasteiger partial charge in [0.15, 0.2) is 0 Å². The van der Waals surface area contributed by atoms with Gasteiger partial charge in [0.2, 0.25) is 0 Å². The monoisotopic (exact) mass is 691 g/mol. The Bertz CT molecular complexity index is 1140. The van der Waals surface area contributed by atoms with Crippen molar-refractivity contribution < 1.29 is 33.2 Å². The van der Waals surface area contributed by atoms with Crippen LogP contribution < -0.4 is 15.0 Å². The van der Waals surface area contributed by atoms with E-state index in [0.717, 1.165) is 35.6 Å². The first-order chi connectivity index (χ1) is 20.4. The standard InChI is InChI=1S/C25H36N2.C10H12O.CH.H2NO3.Ru/c1-17(2)22-6-5-7-23(18(3)4)24(22)26-8-9-27(16-26)25-13-19-10-20(14-25)12-21(11-19)15-25;1-8(2)11-10-7-5-4-6-9(10)3;;2-1(3)4;/h5-7,13,16-21H,8-12,14-15H2,1-4H3;3-8H,1-2H3;1H;1-2H;/q-2;;2*-1;+1. The molecule has 245 valence electrons. The molecule has 2 atom stereocenters. The summed E-state index contributed by atoms with van der Waals surface area (Å²) in [5.41, 5.74) is 6.01. The van der Waals surface area contributed by atoms with Crippen LogP contribution in [0.15, 0.2) is 42.5 Å². The van der Waals surface area contributed by atoms with Crippen LogP contribution in [0.2, 0.25) is 0 Å². The van der Waals surface area contributed by atoms with Crippen LogP contribution in [0.1, 0.15) is 102 Å². The van der Waals surface area contributed by atoms with E-state index in [9.17, 15) is 0 Å². The molecule has 2 radical (unpaired) electrons. The molecule has 1 saturated heterocycles. The van der Waals surface area contributed by atoms with Crippen LogP contribution in [0, 0.1) is 48.7 Å². The van der Waals surface area contributed by atoms with Crippen molar-refractivity contribution in [2.75, 3.05) is 18.0 Å². The van der Waals surface area contributed by atoms with Gasteiger partial charge in [0.05, 0.1) is 0 Å². The molecule has 1 aliphatic heterocycles. The van der Waals surface area contributed by atoms with Gasteiger partial charge in [-0.25, -0.2) is 5.21 Å². The quantitative estimate of drug-likeness (QED) is 0.194. The van der Waals surface area contributed by atoms with Crippen molar-refractivity contribution >= 4 is 10.3 Å². The predicted molar refractivity (Wildman–Crippen MR) is 175 cm³/mol. The van der Waals surface area contributed by atoms with Gasteiger partial charge in [0.25, 0.3) is 0 Å². The van der Waals surface area contributed by atoms with Crippen LogP contribution in [0.4, 0.5) is 5.69 Å². The average molecular weight is 691 g/mol. The molecule has 4 saturated carbocycles. The van der Waals surface area contributed by atoms with E-state index in [-0.39, 0.29) is 13.5 Å². The fraction of sp³-hybridized carbons (Fsp3) is 0.556. The molecule has 7 nitrogen and oxygen atoms in total. The van der Waals surface area contributed by atoms with Crippen molar-refractivity contribution in [2.24, 2.45) is 17.8 Å². The maximum Gasteiger partial charge on any atom is 0.0152 e. The van der Waals surface area contributed by atoms with E-state index < -0.39 is 5.39 Å². The minimum absolute atomic E-state index is 0. The summed E-state index contributed by atoms with van der Waals surface area (Å²) in [6.45, 7) is 18.2. The molecule has 5 fully saturated rings. The van der Waals surface area contributed by atoms with Gasteiger partial charge in [0, 0.05) is 12.2 Å². The fourth-order valence-electron chi connectivity index (χ4n) is 7.85. The number of quaternary nitrogens is 1. The first-order valence-electron chi connectivity index (χ1n) is 15.9. The summed E-state index contributed by atoms with van der Waals surface area (Å²) in [5, 5.41) is 21.7. The van der Waals surface area contributed by atoms with Gasteiger partial charge in [-0.2, -0.15) is 12.6 Å². The molecule has 2 unspecified atom stereocenters. The first kappa shape index (κ1) is 36.8. The Morgan fingerprint density at radius 2 is 1.50 bits per heavy atom. The van der Waals surface area contributed by atoms with E-state index in [2.05, 4.69) is 86.6 Å². The van der Waals surface area contributed by atoms with Gasteiger partial charge >= 0.3 is 82.7 Å². The molecule has 7 rings (SSSR count). The number of rotatable bonds is 7. The van der Waals surface area contributed by atoms with Crippen LogP contribution in [0.5, 0.6) is 5.75 Å². The summed E-state index contributed by atoms with van der Waals surface area (Å²) >= 11 is 2.49. The smallest absolute Gasteiger partial charge is 0.0152 e. The molecule has 8 heteroatoms. The SMILES string of the molecule is CC(C)Oc1ccccc1[CH]=[Ru+].CC(C)c1cccc(C(C)C)c1N1[CH-]N(C23[CH-]C4CC(CC(C4)C2)C3)CC1.[CH-].[O-][NH+]([O-])O. The predicted octanol–water partition coefficient (Wildman–Crippen LogP) is 6.59. The van der Waals surface area contributed by atoms with E-state index in [1.54, 1.807) is 0 Å². The molecule has 5 aliphatic rings. The van der Waals surface area contributed by atoms with E-state index in [1.807, 2.05) is 42.7 Å². The number of anilines is 1. The van der Waals surface area contributed by atoms with Crippen molar-refractivity contribution in [3.63, 3.8) is 0 Å². The van der Waals surface area contributed by atoms with Crippen molar-refractivity contribution in [1.29, 1.82) is 0 Å². The van der Waals surface area contributed by atoms with Gasteiger partial charge < -0.3 is 34.1 Å². The summed E-state index contributed by atoms with van der Waals surface area (Å²) in [5.74, 6) is 4.95. The molecule has 4 aliphatic carbocycles. The van der Waals surface area contributed by atoms with Gasteiger partial charge in [-0.3, -0.25) is 5.39 Å². The van der Waals surface area contributed by atoms with E-state index in [1.165, 1.54) is 55.5 Å². The van der Waals surface area contributed by atoms with Gasteiger partial charge in [-0.1, -0.05) is 71.6 Å². The van der Waals surface area contributed by atoms with E-state index >= 15 is 0 Å². The normalized spacial score (nSPS) is 25.5. The van der Waals surface area contributed by atoms with Crippen LogP contribution >= 0.6 is 0 Å². The zero-order valence-electron chi connectivity index (χ0n) is 27.2. The number of hydrogen-bond acceptors (Lipinski definition) is 6.